The van der Waals surface area contributed by atoms with E-state index in [9.17, 15) is 4.39 Å². The molecule has 0 bridgehead atoms. The highest BCUT2D eigenvalue weighted by molar-refractivity contribution is 5.54. The lowest BCUT2D eigenvalue weighted by molar-refractivity contribution is 0.210. The molecule has 0 radical (unpaired) electrons. The van der Waals surface area contributed by atoms with Crippen LogP contribution in [0.5, 0.6) is 0 Å². The lowest BCUT2D eigenvalue weighted by Gasteiger charge is -2.31. The molecular formula is C26H26FN5. The van der Waals surface area contributed by atoms with E-state index >= 15 is 0 Å². The van der Waals surface area contributed by atoms with Gasteiger partial charge in [-0.15, -0.1) is 5.10 Å². The molecule has 2 aromatic heterocycles. The maximum Gasteiger partial charge on any atom is 0.181 e. The average Bonchev–Trinajstić information content (AvgIpc) is 3.30. The van der Waals surface area contributed by atoms with Gasteiger partial charge < -0.3 is 4.90 Å². The lowest BCUT2D eigenvalue weighted by atomic mass is 9.95. The number of nitrogens with zero attached hydrogens (tertiary/aromatic N) is 5. The standard InChI is InChI=1S/C26H26FN5/c27-23-11-9-21(10-12-23)25-29-26(32(30-25)24-8-4-5-16-28-24)22-14-18-31(19-15-22)17-13-20-6-2-1-3-7-20/h1-12,16,22H,13-15,17-19H2. The number of pyridine rings is 1. The van der Waals surface area contributed by atoms with Crippen molar-refractivity contribution >= 4 is 0 Å². The van der Waals surface area contributed by atoms with Crippen molar-refractivity contribution in [3.05, 3.63) is 96.2 Å². The van der Waals surface area contributed by atoms with Gasteiger partial charge in [-0.05, 0) is 74.3 Å². The minimum atomic E-state index is -0.263. The van der Waals surface area contributed by atoms with Crippen LogP contribution < -0.4 is 0 Å². The fourth-order valence-electron chi connectivity index (χ4n) is 4.30. The summed E-state index contributed by atoms with van der Waals surface area (Å²) < 4.78 is 15.3. The van der Waals surface area contributed by atoms with E-state index in [0.717, 1.165) is 56.1 Å². The van der Waals surface area contributed by atoms with Crippen LogP contribution in [0.2, 0.25) is 0 Å². The number of aromatic nitrogens is 4. The Hall–Kier alpha value is -3.38. The number of halogens is 1. The van der Waals surface area contributed by atoms with Gasteiger partial charge in [0.2, 0.25) is 0 Å². The van der Waals surface area contributed by atoms with Gasteiger partial charge in [0.05, 0.1) is 0 Å². The van der Waals surface area contributed by atoms with Crippen molar-refractivity contribution in [3.63, 3.8) is 0 Å². The number of benzene rings is 2. The minimum absolute atomic E-state index is 0.263. The van der Waals surface area contributed by atoms with Gasteiger partial charge in [-0.3, -0.25) is 0 Å². The van der Waals surface area contributed by atoms with Crippen LogP contribution in [0.15, 0.2) is 79.0 Å². The first kappa shape index (κ1) is 20.5. The van der Waals surface area contributed by atoms with Crippen molar-refractivity contribution in [2.45, 2.75) is 25.2 Å². The number of rotatable bonds is 6. The third kappa shape index (κ3) is 4.60. The zero-order valence-corrected chi connectivity index (χ0v) is 17.9. The molecule has 0 unspecified atom stereocenters. The smallest absolute Gasteiger partial charge is 0.181 e. The Kier molecular flexibility index (Phi) is 6.03. The van der Waals surface area contributed by atoms with Gasteiger partial charge in [-0.2, -0.15) is 4.68 Å². The van der Waals surface area contributed by atoms with Crippen LogP contribution in [0.25, 0.3) is 17.2 Å². The van der Waals surface area contributed by atoms with Gasteiger partial charge in [-0.1, -0.05) is 36.4 Å². The fraction of sp³-hybridized carbons (Fsp3) is 0.269. The maximum absolute atomic E-state index is 13.4. The zero-order chi connectivity index (χ0) is 21.8. The SMILES string of the molecule is Fc1ccc(-c2nc(C3CCN(CCc4ccccc4)CC3)n(-c3ccccn3)n2)cc1. The molecule has 32 heavy (non-hydrogen) atoms. The summed E-state index contributed by atoms with van der Waals surface area (Å²) in [5, 5.41) is 4.76. The third-order valence-corrected chi connectivity index (χ3v) is 6.11. The molecule has 162 valence electrons. The van der Waals surface area contributed by atoms with Gasteiger partial charge in [-0.25, -0.2) is 14.4 Å². The van der Waals surface area contributed by atoms with Crippen LogP contribution in [0.1, 0.15) is 30.1 Å². The molecule has 0 saturated carbocycles. The van der Waals surface area contributed by atoms with E-state index in [2.05, 4.69) is 40.2 Å². The first-order valence-electron chi connectivity index (χ1n) is 11.2. The monoisotopic (exact) mass is 427 g/mol. The van der Waals surface area contributed by atoms with E-state index in [4.69, 9.17) is 10.1 Å². The minimum Gasteiger partial charge on any atom is -0.303 e. The summed E-state index contributed by atoms with van der Waals surface area (Å²) in [7, 11) is 0. The molecule has 6 heteroatoms. The summed E-state index contributed by atoms with van der Waals surface area (Å²) in [6.07, 6.45) is 4.90. The summed E-state index contributed by atoms with van der Waals surface area (Å²) in [5.41, 5.74) is 2.19. The van der Waals surface area contributed by atoms with Crippen molar-refractivity contribution in [1.82, 2.24) is 24.6 Å². The first-order chi connectivity index (χ1) is 15.8. The van der Waals surface area contributed by atoms with Crippen LogP contribution in [0, 0.1) is 5.82 Å². The summed E-state index contributed by atoms with van der Waals surface area (Å²) >= 11 is 0. The topological polar surface area (TPSA) is 46.8 Å². The van der Waals surface area contributed by atoms with Crippen molar-refractivity contribution in [2.75, 3.05) is 19.6 Å². The summed E-state index contributed by atoms with van der Waals surface area (Å²) in [4.78, 5) is 11.9. The summed E-state index contributed by atoms with van der Waals surface area (Å²) in [6, 6.07) is 22.8. The number of piperidine rings is 1. The number of likely N-dealkylation sites (tertiary alicyclic amines) is 1. The highest BCUT2D eigenvalue weighted by Gasteiger charge is 2.26. The van der Waals surface area contributed by atoms with E-state index < -0.39 is 0 Å². The predicted octanol–water partition coefficient (Wildman–Crippen LogP) is 4.89. The predicted molar refractivity (Wildman–Crippen MR) is 123 cm³/mol. The number of hydrogen-bond donors (Lipinski definition) is 0. The van der Waals surface area contributed by atoms with Crippen molar-refractivity contribution in [1.29, 1.82) is 0 Å². The second kappa shape index (κ2) is 9.40. The largest absolute Gasteiger partial charge is 0.303 e. The van der Waals surface area contributed by atoms with Gasteiger partial charge in [0.15, 0.2) is 11.6 Å². The molecule has 0 spiro atoms. The maximum atomic E-state index is 13.4. The lowest BCUT2D eigenvalue weighted by Crippen LogP contribution is -2.35. The highest BCUT2D eigenvalue weighted by Crippen LogP contribution is 2.30. The van der Waals surface area contributed by atoms with Crippen LogP contribution in [-0.2, 0) is 6.42 Å². The third-order valence-electron chi connectivity index (χ3n) is 6.11. The quantitative estimate of drug-likeness (QED) is 0.440. The Bertz CT molecular complexity index is 1130. The van der Waals surface area contributed by atoms with Crippen molar-refractivity contribution < 1.29 is 4.39 Å². The Morgan fingerprint density at radius 3 is 2.34 bits per heavy atom. The normalized spacial score (nSPS) is 15.2. The summed E-state index contributed by atoms with van der Waals surface area (Å²) in [6.45, 7) is 3.15. The van der Waals surface area contributed by atoms with Crippen molar-refractivity contribution in [2.24, 2.45) is 0 Å². The van der Waals surface area contributed by atoms with Crippen LogP contribution in [-0.4, -0.2) is 44.3 Å². The van der Waals surface area contributed by atoms with E-state index in [-0.39, 0.29) is 5.82 Å². The van der Waals surface area contributed by atoms with Gasteiger partial charge in [0.1, 0.15) is 11.6 Å². The molecule has 0 aliphatic carbocycles. The van der Waals surface area contributed by atoms with Gasteiger partial charge in [0, 0.05) is 24.2 Å². The molecule has 1 aliphatic heterocycles. The van der Waals surface area contributed by atoms with E-state index in [1.54, 1.807) is 18.3 Å². The number of hydrogen-bond acceptors (Lipinski definition) is 4. The Balaban J connectivity index is 1.34. The first-order valence-corrected chi connectivity index (χ1v) is 11.2. The second-order valence-corrected chi connectivity index (χ2v) is 8.25. The Morgan fingerprint density at radius 1 is 0.875 bits per heavy atom. The van der Waals surface area contributed by atoms with E-state index in [0.29, 0.717) is 11.7 Å². The molecular weight excluding hydrogens is 401 g/mol. The molecule has 0 atom stereocenters. The molecule has 1 saturated heterocycles. The molecule has 3 heterocycles. The molecule has 0 amide bonds. The molecule has 5 rings (SSSR count). The highest BCUT2D eigenvalue weighted by atomic mass is 19.1. The molecule has 5 nitrogen and oxygen atoms in total. The van der Waals surface area contributed by atoms with E-state index in [1.165, 1.54) is 17.7 Å². The molecule has 4 aromatic rings. The molecule has 1 aliphatic rings. The molecule has 2 aromatic carbocycles. The van der Waals surface area contributed by atoms with Gasteiger partial charge in [0.25, 0.3) is 0 Å². The zero-order valence-electron chi connectivity index (χ0n) is 17.9. The second-order valence-electron chi connectivity index (χ2n) is 8.25. The Morgan fingerprint density at radius 2 is 1.62 bits per heavy atom. The Labute approximate surface area is 187 Å². The van der Waals surface area contributed by atoms with Crippen molar-refractivity contribution in [3.8, 4) is 17.2 Å². The van der Waals surface area contributed by atoms with Crippen LogP contribution in [0.4, 0.5) is 4.39 Å². The van der Waals surface area contributed by atoms with E-state index in [1.807, 2.05) is 22.9 Å². The average molecular weight is 428 g/mol. The summed E-state index contributed by atoms with van der Waals surface area (Å²) in [5.74, 6) is 2.35. The molecule has 1 fully saturated rings. The van der Waals surface area contributed by atoms with Crippen LogP contribution >= 0.6 is 0 Å². The van der Waals surface area contributed by atoms with Crippen LogP contribution in [0.3, 0.4) is 0 Å². The van der Waals surface area contributed by atoms with Gasteiger partial charge >= 0.3 is 0 Å². The molecule has 0 N–H and O–H groups in total. The fourth-order valence-corrected chi connectivity index (χ4v) is 4.30.